The van der Waals surface area contributed by atoms with E-state index in [1.807, 2.05) is 6.07 Å². The third-order valence-electron chi connectivity index (χ3n) is 3.98. The van der Waals surface area contributed by atoms with Crippen molar-refractivity contribution < 1.29 is 9.53 Å². The fourth-order valence-electron chi connectivity index (χ4n) is 2.89. The van der Waals surface area contributed by atoms with Gasteiger partial charge < -0.3 is 4.74 Å². The second-order valence-corrected chi connectivity index (χ2v) is 7.10. The van der Waals surface area contributed by atoms with Crippen molar-refractivity contribution in [2.24, 2.45) is 0 Å². The van der Waals surface area contributed by atoms with Gasteiger partial charge in [-0.1, -0.05) is 6.92 Å². The van der Waals surface area contributed by atoms with Crippen LogP contribution in [0.2, 0.25) is 0 Å². The lowest BCUT2D eigenvalue weighted by Gasteiger charge is -2.41. The number of carbonyl (C=O) groups is 1. The molecule has 0 unspecified atom stereocenters. The van der Waals surface area contributed by atoms with Gasteiger partial charge in [0.2, 0.25) is 0 Å². The van der Waals surface area contributed by atoms with Crippen LogP contribution >= 0.6 is 11.3 Å². The highest BCUT2D eigenvalue weighted by Crippen LogP contribution is 2.28. The molecule has 112 valence electrons. The zero-order valence-corrected chi connectivity index (χ0v) is 13.8. The number of thiophene rings is 1. The van der Waals surface area contributed by atoms with Crippen molar-refractivity contribution in [3.8, 4) is 0 Å². The van der Waals surface area contributed by atoms with E-state index in [0.717, 1.165) is 37.4 Å². The summed E-state index contributed by atoms with van der Waals surface area (Å²) in [7, 11) is 0. The second kappa shape index (κ2) is 6.37. The Morgan fingerprint density at radius 3 is 2.85 bits per heavy atom. The number of ketones is 1. The molecule has 2 rings (SSSR count). The molecule has 0 amide bonds. The summed E-state index contributed by atoms with van der Waals surface area (Å²) in [6.45, 7) is 11.0. The van der Waals surface area contributed by atoms with Gasteiger partial charge in [-0.25, -0.2) is 0 Å². The van der Waals surface area contributed by atoms with Crippen molar-refractivity contribution in [1.82, 2.24) is 4.90 Å². The Morgan fingerprint density at radius 2 is 2.30 bits per heavy atom. The average Bonchev–Trinajstić information content (AvgIpc) is 2.83. The lowest BCUT2D eigenvalue weighted by atomic mass is 9.92. The van der Waals surface area contributed by atoms with Crippen molar-refractivity contribution in [3.63, 3.8) is 0 Å². The minimum atomic E-state index is -0.0183. The number of nitrogens with zero attached hydrogens (tertiary/aromatic N) is 1. The number of rotatable bonds is 5. The Bertz CT molecular complexity index is 467. The van der Waals surface area contributed by atoms with Crippen molar-refractivity contribution in [2.75, 3.05) is 13.2 Å². The van der Waals surface area contributed by atoms with Crippen molar-refractivity contribution >= 4 is 17.1 Å². The maximum Gasteiger partial charge on any atom is 0.169 e. The lowest BCUT2D eigenvalue weighted by molar-refractivity contribution is -0.0838. The molecule has 20 heavy (non-hydrogen) atoms. The van der Waals surface area contributed by atoms with Gasteiger partial charge in [-0.15, -0.1) is 11.3 Å². The maximum absolute atomic E-state index is 11.4. The fourth-order valence-corrected chi connectivity index (χ4v) is 3.69. The summed E-state index contributed by atoms with van der Waals surface area (Å²) in [5, 5.41) is 2.11. The summed E-state index contributed by atoms with van der Waals surface area (Å²) < 4.78 is 5.81. The summed E-state index contributed by atoms with van der Waals surface area (Å²) in [5.74, 6) is 0.163. The summed E-state index contributed by atoms with van der Waals surface area (Å²) in [5.41, 5.74) is 1.24. The maximum atomic E-state index is 11.4. The highest BCUT2D eigenvalue weighted by Gasteiger charge is 2.31. The topological polar surface area (TPSA) is 29.5 Å². The normalized spacial score (nSPS) is 22.1. The van der Waals surface area contributed by atoms with Gasteiger partial charge in [-0.2, -0.15) is 0 Å². The number of hydrogen-bond acceptors (Lipinski definition) is 4. The second-order valence-electron chi connectivity index (χ2n) is 6.19. The molecule has 0 bridgehead atoms. The SMILES string of the molecule is CCN(Cc1csc(C(C)=O)c1)[C@@H]1CCOC(C)(C)C1. The van der Waals surface area contributed by atoms with Crippen LogP contribution in [0.25, 0.3) is 0 Å². The van der Waals surface area contributed by atoms with Gasteiger partial charge in [0.15, 0.2) is 5.78 Å². The molecular weight excluding hydrogens is 270 g/mol. The molecule has 2 heterocycles. The molecule has 0 N–H and O–H groups in total. The lowest BCUT2D eigenvalue weighted by Crippen LogP contribution is -2.45. The molecule has 0 saturated carbocycles. The molecule has 1 aliphatic rings. The number of ether oxygens (including phenoxy) is 1. The van der Waals surface area contributed by atoms with Crippen LogP contribution in [0.4, 0.5) is 0 Å². The largest absolute Gasteiger partial charge is 0.375 e. The quantitative estimate of drug-likeness (QED) is 0.775. The van der Waals surface area contributed by atoms with Gasteiger partial charge in [-0.05, 0) is 57.2 Å². The van der Waals surface area contributed by atoms with E-state index >= 15 is 0 Å². The van der Waals surface area contributed by atoms with Crippen molar-refractivity contribution in [2.45, 2.75) is 58.7 Å². The van der Waals surface area contributed by atoms with Crippen molar-refractivity contribution in [3.05, 3.63) is 21.9 Å². The fraction of sp³-hybridized carbons (Fsp3) is 0.688. The van der Waals surface area contributed by atoms with E-state index in [1.54, 1.807) is 18.3 Å². The third kappa shape index (κ3) is 3.90. The van der Waals surface area contributed by atoms with Gasteiger partial charge >= 0.3 is 0 Å². The zero-order valence-electron chi connectivity index (χ0n) is 12.9. The summed E-state index contributed by atoms with van der Waals surface area (Å²) >= 11 is 1.56. The van der Waals surface area contributed by atoms with E-state index in [4.69, 9.17) is 4.74 Å². The minimum Gasteiger partial charge on any atom is -0.375 e. The minimum absolute atomic E-state index is 0.0183. The molecule has 0 aromatic carbocycles. The zero-order chi connectivity index (χ0) is 14.8. The number of Topliss-reactive ketones (excluding diaryl/α,β-unsaturated/α-hetero) is 1. The Balaban J connectivity index is 2.02. The summed E-state index contributed by atoms with van der Waals surface area (Å²) in [6, 6.07) is 2.62. The Hall–Kier alpha value is -0.710. The predicted octanol–water partition coefficient (Wildman–Crippen LogP) is 3.73. The molecule has 0 aliphatic carbocycles. The third-order valence-corrected chi connectivity index (χ3v) is 5.06. The van der Waals surface area contributed by atoms with Crippen LogP contribution < -0.4 is 0 Å². The van der Waals surface area contributed by atoms with E-state index < -0.39 is 0 Å². The first kappa shape index (κ1) is 15.7. The van der Waals surface area contributed by atoms with Crippen LogP contribution in [-0.4, -0.2) is 35.5 Å². The predicted molar refractivity (Wildman–Crippen MR) is 83.5 cm³/mol. The molecule has 4 heteroatoms. The van der Waals surface area contributed by atoms with Gasteiger partial charge in [0.1, 0.15) is 0 Å². The first-order chi connectivity index (χ1) is 9.41. The standard InChI is InChI=1S/C16H25NO2S/c1-5-17(14-6-7-19-16(3,4)9-14)10-13-8-15(12(2)18)20-11-13/h8,11,14H,5-7,9-10H2,1-4H3/t14-/m1/s1. The van der Waals surface area contributed by atoms with Crippen LogP contribution in [-0.2, 0) is 11.3 Å². The molecule has 1 aliphatic heterocycles. The average molecular weight is 295 g/mol. The van der Waals surface area contributed by atoms with Crippen molar-refractivity contribution in [1.29, 1.82) is 0 Å². The molecular formula is C16H25NO2S. The van der Waals surface area contributed by atoms with E-state index in [2.05, 4.69) is 31.1 Å². The Kier molecular flexibility index (Phi) is 4.99. The van der Waals surface area contributed by atoms with Gasteiger partial charge in [0.05, 0.1) is 10.5 Å². The first-order valence-corrected chi connectivity index (χ1v) is 8.25. The molecule has 1 fully saturated rings. The Labute approximate surface area is 125 Å². The highest BCUT2D eigenvalue weighted by atomic mass is 32.1. The molecule has 1 atom stereocenters. The van der Waals surface area contributed by atoms with Crippen LogP contribution in [0.15, 0.2) is 11.4 Å². The van der Waals surface area contributed by atoms with Crippen LogP contribution in [0.5, 0.6) is 0 Å². The van der Waals surface area contributed by atoms with Gasteiger partial charge in [0, 0.05) is 19.2 Å². The van der Waals surface area contributed by atoms with E-state index in [-0.39, 0.29) is 11.4 Å². The highest BCUT2D eigenvalue weighted by molar-refractivity contribution is 7.12. The molecule has 1 aromatic heterocycles. The van der Waals surface area contributed by atoms with Crippen LogP contribution in [0, 0.1) is 0 Å². The smallest absolute Gasteiger partial charge is 0.169 e. The number of carbonyl (C=O) groups excluding carboxylic acids is 1. The number of hydrogen-bond donors (Lipinski definition) is 0. The Morgan fingerprint density at radius 1 is 1.55 bits per heavy atom. The van der Waals surface area contributed by atoms with E-state index in [1.165, 1.54) is 5.56 Å². The summed E-state index contributed by atoms with van der Waals surface area (Å²) in [4.78, 5) is 14.8. The van der Waals surface area contributed by atoms with Gasteiger partial charge in [-0.3, -0.25) is 9.69 Å². The first-order valence-electron chi connectivity index (χ1n) is 7.37. The molecule has 0 radical (unpaired) electrons. The van der Waals surface area contributed by atoms with Crippen LogP contribution in [0.3, 0.4) is 0 Å². The van der Waals surface area contributed by atoms with E-state index in [0.29, 0.717) is 6.04 Å². The molecule has 3 nitrogen and oxygen atoms in total. The summed E-state index contributed by atoms with van der Waals surface area (Å²) in [6.07, 6.45) is 2.17. The van der Waals surface area contributed by atoms with E-state index in [9.17, 15) is 4.79 Å². The monoisotopic (exact) mass is 295 g/mol. The van der Waals surface area contributed by atoms with Crippen LogP contribution in [0.1, 0.15) is 55.8 Å². The van der Waals surface area contributed by atoms with Gasteiger partial charge in [0.25, 0.3) is 0 Å². The molecule has 1 saturated heterocycles. The molecule has 1 aromatic rings. The molecule has 0 spiro atoms.